The van der Waals surface area contributed by atoms with Crippen molar-refractivity contribution in [2.75, 3.05) is 7.11 Å². The molecule has 0 aliphatic carbocycles. The number of ether oxygens (including phenoxy) is 1. The van der Waals surface area contributed by atoms with Crippen molar-refractivity contribution in [2.24, 2.45) is 0 Å². The van der Waals surface area contributed by atoms with E-state index >= 15 is 0 Å². The molecule has 2 aromatic carbocycles. The Balaban J connectivity index is 2.13. The third-order valence-corrected chi connectivity index (χ3v) is 5.11. The van der Waals surface area contributed by atoms with Crippen LogP contribution in [0.25, 0.3) is 11.4 Å². The van der Waals surface area contributed by atoms with Crippen molar-refractivity contribution in [3.8, 4) is 17.1 Å². The fourth-order valence-corrected chi connectivity index (χ4v) is 3.67. The van der Waals surface area contributed by atoms with Gasteiger partial charge in [0.05, 0.1) is 17.7 Å². The number of methoxy groups -OCH3 is 1. The van der Waals surface area contributed by atoms with E-state index < -0.39 is 10.0 Å². The summed E-state index contributed by atoms with van der Waals surface area (Å²) < 4.78 is 32.1. The lowest BCUT2D eigenvalue weighted by atomic mass is 10.2. The molecule has 0 fully saturated rings. The summed E-state index contributed by atoms with van der Waals surface area (Å²) in [5.74, 6) is 1.01. The van der Waals surface area contributed by atoms with Gasteiger partial charge in [-0.3, -0.25) is 0 Å². The van der Waals surface area contributed by atoms with Crippen LogP contribution in [0, 0.1) is 6.92 Å². The van der Waals surface area contributed by atoms with Crippen LogP contribution in [-0.4, -0.2) is 24.5 Å². The number of hydrogen-bond donors (Lipinski definition) is 0. The van der Waals surface area contributed by atoms with Gasteiger partial charge in [0.2, 0.25) is 0 Å². The Hall–Kier alpha value is -2.60. The second-order valence-electron chi connectivity index (χ2n) is 5.05. The van der Waals surface area contributed by atoms with Crippen molar-refractivity contribution in [1.29, 1.82) is 0 Å². The van der Waals surface area contributed by atoms with Crippen LogP contribution in [0.2, 0.25) is 0 Å². The maximum Gasteiger partial charge on any atom is 0.269 e. The lowest BCUT2D eigenvalue weighted by Crippen LogP contribution is -2.13. The number of aromatic nitrogens is 2. The SMILES string of the molecule is COc1ccc(S(=O)(=O)n2cc(C)nc2-c2ccccc2)cc1. The van der Waals surface area contributed by atoms with Crippen LogP contribution >= 0.6 is 0 Å². The highest BCUT2D eigenvalue weighted by Gasteiger charge is 2.22. The summed E-state index contributed by atoms with van der Waals surface area (Å²) in [6, 6.07) is 15.5. The van der Waals surface area contributed by atoms with Crippen LogP contribution in [-0.2, 0) is 10.0 Å². The van der Waals surface area contributed by atoms with Crippen LogP contribution < -0.4 is 4.74 Å². The Morgan fingerprint density at radius 3 is 2.26 bits per heavy atom. The van der Waals surface area contributed by atoms with Crippen LogP contribution in [0.15, 0.2) is 65.7 Å². The maximum absolute atomic E-state index is 12.9. The van der Waals surface area contributed by atoms with Gasteiger partial charge >= 0.3 is 0 Å². The van der Waals surface area contributed by atoms with Gasteiger partial charge in [0.15, 0.2) is 5.82 Å². The zero-order chi connectivity index (χ0) is 16.4. The van der Waals surface area contributed by atoms with E-state index in [0.717, 1.165) is 5.56 Å². The molecule has 0 spiro atoms. The Morgan fingerprint density at radius 2 is 1.65 bits per heavy atom. The number of imidazole rings is 1. The number of nitrogens with zero attached hydrogens (tertiary/aromatic N) is 2. The highest BCUT2D eigenvalue weighted by Crippen LogP contribution is 2.25. The molecular weight excluding hydrogens is 312 g/mol. The molecule has 118 valence electrons. The molecule has 0 aliphatic heterocycles. The van der Waals surface area contributed by atoms with E-state index in [1.807, 2.05) is 30.3 Å². The van der Waals surface area contributed by atoms with Gasteiger partial charge in [0.25, 0.3) is 10.0 Å². The van der Waals surface area contributed by atoms with E-state index in [1.165, 1.54) is 29.4 Å². The zero-order valence-electron chi connectivity index (χ0n) is 12.8. The zero-order valence-corrected chi connectivity index (χ0v) is 13.6. The molecule has 3 rings (SSSR count). The average molecular weight is 328 g/mol. The number of benzene rings is 2. The van der Waals surface area contributed by atoms with E-state index in [0.29, 0.717) is 17.3 Å². The smallest absolute Gasteiger partial charge is 0.269 e. The first-order valence-electron chi connectivity index (χ1n) is 7.03. The molecule has 0 unspecified atom stereocenters. The van der Waals surface area contributed by atoms with Crippen LogP contribution in [0.3, 0.4) is 0 Å². The maximum atomic E-state index is 12.9. The van der Waals surface area contributed by atoms with Gasteiger partial charge in [0, 0.05) is 11.8 Å². The molecule has 0 saturated heterocycles. The van der Waals surface area contributed by atoms with Gasteiger partial charge < -0.3 is 4.74 Å². The summed E-state index contributed by atoms with van der Waals surface area (Å²) in [7, 11) is -2.19. The van der Waals surface area contributed by atoms with Crippen molar-refractivity contribution >= 4 is 10.0 Å². The van der Waals surface area contributed by atoms with E-state index in [1.54, 1.807) is 19.1 Å². The second-order valence-corrected chi connectivity index (χ2v) is 6.86. The molecular formula is C17H16N2O3S. The van der Waals surface area contributed by atoms with Gasteiger partial charge in [-0.1, -0.05) is 30.3 Å². The highest BCUT2D eigenvalue weighted by molar-refractivity contribution is 7.90. The number of hydrogen-bond acceptors (Lipinski definition) is 4. The summed E-state index contributed by atoms with van der Waals surface area (Å²) in [4.78, 5) is 4.55. The van der Waals surface area contributed by atoms with Gasteiger partial charge in [-0.05, 0) is 31.2 Å². The Labute approximate surface area is 135 Å². The minimum Gasteiger partial charge on any atom is -0.497 e. The predicted octanol–water partition coefficient (Wildman–Crippen LogP) is 3.10. The van der Waals surface area contributed by atoms with E-state index in [4.69, 9.17) is 4.74 Å². The lowest BCUT2D eigenvalue weighted by Gasteiger charge is -2.10. The first kappa shape index (κ1) is 15.3. The summed E-state index contributed by atoms with van der Waals surface area (Å²) in [5.41, 5.74) is 1.39. The summed E-state index contributed by atoms with van der Waals surface area (Å²) in [5, 5.41) is 0. The quantitative estimate of drug-likeness (QED) is 0.738. The predicted molar refractivity (Wildman–Crippen MR) is 88.0 cm³/mol. The van der Waals surface area contributed by atoms with Crippen molar-refractivity contribution in [2.45, 2.75) is 11.8 Å². The van der Waals surface area contributed by atoms with E-state index in [2.05, 4.69) is 4.98 Å². The minimum absolute atomic E-state index is 0.188. The molecule has 5 nitrogen and oxygen atoms in total. The average Bonchev–Trinajstić information content (AvgIpc) is 2.98. The fourth-order valence-electron chi connectivity index (χ4n) is 2.30. The second kappa shape index (κ2) is 5.89. The largest absolute Gasteiger partial charge is 0.497 e. The molecule has 1 heterocycles. The number of rotatable bonds is 4. The molecule has 0 radical (unpaired) electrons. The molecule has 0 saturated carbocycles. The number of aryl methyl sites for hydroxylation is 1. The highest BCUT2D eigenvalue weighted by atomic mass is 32.2. The minimum atomic E-state index is -3.72. The topological polar surface area (TPSA) is 61.2 Å². The lowest BCUT2D eigenvalue weighted by molar-refractivity contribution is 0.414. The van der Waals surface area contributed by atoms with Gasteiger partial charge in [-0.2, -0.15) is 0 Å². The third-order valence-electron chi connectivity index (χ3n) is 3.44. The molecule has 23 heavy (non-hydrogen) atoms. The Morgan fingerprint density at radius 1 is 1.00 bits per heavy atom. The van der Waals surface area contributed by atoms with Crippen molar-refractivity contribution in [1.82, 2.24) is 8.96 Å². The van der Waals surface area contributed by atoms with Gasteiger partial charge in [-0.25, -0.2) is 17.4 Å². The van der Waals surface area contributed by atoms with Crippen molar-refractivity contribution in [3.05, 3.63) is 66.5 Å². The fraction of sp³-hybridized carbons (Fsp3) is 0.118. The molecule has 6 heteroatoms. The van der Waals surface area contributed by atoms with Crippen LogP contribution in [0.4, 0.5) is 0 Å². The molecule has 3 aromatic rings. The third kappa shape index (κ3) is 2.85. The van der Waals surface area contributed by atoms with Crippen molar-refractivity contribution in [3.63, 3.8) is 0 Å². The van der Waals surface area contributed by atoms with Gasteiger partial charge in [-0.15, -0.1) is 0 Å². The van der Waals surface area contributed by atoms with Crippen molar-refractivity contribution < 1.29 is 13.2 Å². The summed E-state index contributed by atoms with van der Waals surface area (Å²) >= 11 is 0. The van der Waals surface area contributed by atoms with Crippen LogP contribution in [0.1, 0.15) is 5.69 Å². The molecule has 0 atom stereocenters. The van der Waals surface area contributed by atoms with Gasteiger partial charge in [0.1, 0.15) is 5.75 Å². The normalized spacial score (nSPS) is 11.4. The molecule has 0 bridgehead atoms. The summed E-state index contributed by atoms with van der Waals surface area (Å²) in [6.45, 7) is 1.77. The molecule has 0 aliphatic rings. The standard InChI is InChI=1S/C17H16N2O3S/c1-13-12-19(17(18-13)14-6-4-3-5-7-14)23(20,21)16-10-8-15(22-2)9-11-16/h3-12H,1-2H3. The molecule has 0 N–H and O–H groups in total. The Kier molecular flexibility index (Phi) is 3.92. The molecule has 0 amide bonds. The monoisotopic (exact) mass is 328 g/mol. The summed E-state index contributed by atoms with van der Waals surface area (Å²) in [6.07, 6.45) is 1.53. The first-order valence-corrected chi connectivity index (χ1v) is 8.47. The van der Waals surface area contributed by atoms with E-state index in [9.17, 15) is 8.42 Å². The van der Waals surface area contributed by atoms with E-state index in [-0.39, 0.29) is 4.90 Å². The first-order chi connectivity index (χ1) is 11.0. The Bertz CT molecular complexity index is 914. The van der Waals surface area contributed by atoms with Crippen LogP contribution in [0.5, 0.6) is 5.75 Å². The molecule has 1 aromatic heterocycles.